The Morgan fingerprint density at radius 3 is 2.38 bits per heavy atom. The highest BCUT2D eigenvalue weighted by molar-refractivity contribution is 7.89. The van der Waals surface area contributed by atoms with Gasteiger partial charge in [-0.05, 0) is 43.7 Å². The van der Waals surface area contributed by atoms with Crippen LogP contribution < -0.4 is 10.1 Å². The van der Waals surface area contributed by atoms with Crippen molar-refractivity contribution in [1.29, 1.82) is 0 Å². The molecule has 0 bridgehead atoms. The lowest BCUT2D eigenvalue weighted by Crippen LogP contribution is -2.23. The molecule has 0 radical (unpaired) electrons. The van der Waals surface area contributed by atoms with E-state index in [4.69, 9.17) is 9.47 Å². The first kappa shape index (κ1) is 22.4. The summed E-state index contributed by atoms with van der Waals surface area (Å²) >= 11 is 0. The van der Waals surface area contributed by atoms with Crippen molar-refractivity contribution in [3.8, 4) is 5.75 Å². The molecule has 1 N–H and O–H groups in total. The number of benzene rings is 2. The number of anilines is 1. The zero-order valence-corrected chi connectivity index (χ0v) is 17.8. The summed E-state index contributed by atoms with van der Waals surface area (Å²) in [6, 6.07) is 9.47. The minimum absolute atomic E-state index is 0.00835. The summed E-state index contributed by atoms with van der Waals surface area (Å²) in [6.07, 6.45) is 0. The highest BCUT2D eigenvalue weighted by atomic mass is 32.2. The number of sulfonamides is 1. The molecule has 0 atom stereocenters. The van der Waals surface area contributed by atoms with E-state index in [0.717, 1.165) is 15.4 Å². The number of methoxy groups -OCH3 is 1. The predicted octanol–water partition coefficient (Wildman–Crippen LogP) is 2.36. The second-order valence-corrected chi connectivity index (χ2v) is 8.74. The maximum absolute atomic E-state index is 12.3. The first-order valence-corrected chi connectivity index (χ1v) is 10.1. The van der Waals surface area contributed by atoms with E-state index >= 15 is 0 Å². The second-order valence-electron chi connectivity index (χ2n) is 6.59. The molecule has 0 aliphatic rings. The van der Waals surface area contributed by atoms with Gasteiger partial charge in [-0.25, -0.2) is 17.5 Å². The van der Waals surface area contributed by atoms with Crippen molar-refractivity contribution in [3.63, 3.8) is 0 Å². The molecule has 0 aromatic heterocycles. The lowest BCUT2D eigenvalue weighted by molar-refractivity contribution is -0.119. The number of hydrogen-bond donors (Lipinski definition) is 1. The van der Waals surface area contributed by atoms with Crippen LogP contribution in [0.4, 0.5) is 5.69 Å². The Kier molecular flexibility index (Phi) is 6.99. The van der Waals surface area contributed by atoms with E-state index in [1.807, 2.05) is 13.0 Å². The van der Waals surface area contributed by atoms with E-state index in [0.29, 0.717) is 5.56 Å². The average molecular weight is 420 g/mol. The number of esters is 1. The summed E-state index contributed by atoms with van der Waals surface area (Å²) < 4.78 is 35.9. The number of hydrogen-bond acceptors (Lipinski definition) is 6. The fraction of sp³-hybridized carbons (Fsp3) is 0.300. The standard InChI is InChI=1S/C20H24N2O6S/c1-13-6-7-14(2)16(10-13)20(24)28-12-19(23)21-17-11-15(8-9-18(17)27-5)29(25,26)22(3)4/h6-11H,12H2,1-5H3,(H,21,23). The molecule has 0 aliphatic heterocycles. The van der Waals surface area contributed by atoms with Gasteiger partial charge in [0.1, 0.15) is 5.75 Å². The van der Waals surface area contributed by atoms with Crippen molar-refractivity contribution >= 4 is 27.6 Å². The van der Waals surface area contributed by atoms with Gasteiger partial charge in [-0.15, -0.1) is 0 Å². The van der Waals surface area contributed by atoms with Gasteiger partial charge in [0.25, 0.3) is 5.91 Å². The van der Waals surface area contributed by atoms with Gasteiger partial charge in [0.05, 0.1) is 23.3 Å². The number of aryl methyl sites for hydroxylation is 2. The normalized spacial score (nSPS) is 11.2. The minimum atomic E-state index is -3.69. The molecule has 2 aromatic rings. The number of carbonyl (C=O) groups excluding carboxylic acids is 2. The fourth-order valence-corrected chi connectivity index (χ4v) is 3.44. The molecule has 0 saturated heterocycles. The molecule has 1 amide bonds. The topological polar surface area (TPSA) is 102 Å². The van der Waals surface area contributed by atoms with Gasteiger partial charge < -0.3 is 14.8 Å². The molecule has 0 heterocycles. The van der Waals surface area contributed by atoms with E-state index in [1.54, 1.807) is 19.1 Å². The summed E-state index contributed by atoms with van der Waals surface area (Å²) in [7, 11) is 0.519. The van der Waals surface area contributed by atoms with Gasteiger partial charge in [-0.2, -0.15) is 0 Å². The maximum atomic E-state index is 12.3. The highest BCUT2D eigenvalue weighted by Gasteiger charge is 2.20. The van der Waals surface area contributed by atoms with Crippen LogP contribution in [0.2, 0.25) is 0 Å². The Bertz CT molecular complexity index is 1030. The number of carbonyl (C=O) groups is 2. The third-order valence-corrected chi connectivity index (χ3v) is 5.98. The number of rotatable bonds is 7. The largest absolute Gasteiger partial charge is 0.495 e. The fourth-order valence-electron chi connectivity index (χ4n) is 2.51. The number of ether oxygens (including phenoxy) is 2. The molecular weight excluding hydrogens is 396 g/mol. The van der Waals surface area contributed by atoms with Crippen molar-refractivity contribution in [3.05, 3.63) is 53.1 Å². The number of amides is 1. The molecule has 2 aromatic carbocycles. The van der Waals surface area contributed by atoms with Crippen LogP contribution in [0.25, 0.3) is 0 Å². The smallest absolute Gasteiger partial charge is 0.338 e. The van der Waals surface area contributed by atoms with Gasteiger partial charge in [0.15, 0.2) is 6.61 Å². The van der Waals surface area contributed by atoms with Crippen molar-refractivity contribution in [1.82, 2.24) is 4.31 Å². The molecule has 0 saturated carbocycles. The van der Waals surface area contributed by atoms with Gasteiger partial charge in [0, 0.05) is 14.1 Å². The number of nitrogens with one attached hydrogen (secondary N) is 1. The van der Waals surface area contributed by atoms with Gasteiger partial charge in [0.2, 0.25) is 10.0 Å². The Balaban J connectivity index is 2.14. The molecule has 0 fully saturated rings. The minimum Gasteiger partial charge on any atom is -0.495 e. The van der Waals surface area contributed by atoms with Crippen molar-refractivity contribution in [2.45, 2.75) is 18.7 Å². The molecule has 0 unspecified atom stereocenters. The van der Waals surface area contributed by atoms with E-state index < -0.39 is 28.5 Å². The first-order valence-electron chi connectivity index (χ1n) is 8.71. The van der Waals surface area contributed by atoms with Crippen molar-refractivity contribution in [2.75, 3.05) is 33.1 Å². The lowest BCUT2D eigenvalue weighted by Gasteiger charge is -2.15. The SMILES string of the molecule is COc1ccc(S(=O)(=O)N(C)C)cc1NC(=O)COC(=O)c1cc(C)ccc1C. The molecule has 156 valence electrons. The van der Waals surface area contributed by atoms with Crippen LogP contribution >= 0.6 is 0 Å². The Labute approximate surface area is 170 Å². The summed E-state index contributed by atoms with van der Waals surface area (Å²) in [5, 5.41) is 2.52. The van der Waals surface area contributed by atoms with Crippen LogP contribution in [0.3, 0.4) is 0 Å². The summed E-state index contributed by atoms with van der Waals surface area (Å²) in [6.45, 7) is 3.10. The monoisotopic (exact) mass is 420 g/mol. The second kappa shape index (κ2) is 9.06. The summed E-state index contributed by atoms with van der Waals surface area (Å²) in [5.41, 5.74) is 2.18. The zero-order valence-electron chi connectivity index (χ0n) is 17.0. The zero-order chi connectivity index (χ0) is 21.8. The summed E-state index contributed by atoms with van der Waals surface area (Å²) in [5.74, 6) is -0.962. The van der Waals surface area contributed by atoms with Crippen molar-refractivity contribution in [2.24, 2.45) is 0 Å². The highest BCUT2D eigenvalue weighted by Crippen LogP contribution is 2.28. The van der Waals surface area contributed by atoms with Gasteiger partial charge >= 0.3 is 5.97 Å². The van der Waals surface area contributed by atoms with E-state index in [2.05, 4.69) is 5.32 Å². The Morgan fingerprint density at radius 2 is 1.76 bits per heavy atom. The molecule has 2 rings (SSSR count). The molecule has 0 aliphatic carbocycles. The Morgan fingerprint density at radius 1 is 1.07 bits per heavy atom. The quantitative estimate of drug-likeness (QED) is 0.690. The predicted molar refractivity (Wildman–Crippen MR) is 109 cm³/mol. The van der Waals surface area contributed by atoms with E-state index in [1.165, 1.54) is 39.4 Å². The van der Waals surface area contributed by atoms with Gasteiger partial charge in [-0.3, -0.25) is 4.79 Å². The molecule has 9 heteroatoms. The molecular formula is C20H24N2O6S. The summed E-state index contributed by atoms with van der Waals surface area (Å²) in [4.78, 5) is 24.5. The van der Waals surface area contributed by atoms with Crippen LogP contribution in [-0.4, -0.2) is 52.4 Å². The van der Waals surface area contributed by atoms with Crippen molar-refractivity contribution < 1.29 is 27.5 Å². The third-order valence-electron chi connectivity index (χ3n) is 4.17. The Hall–Kier alpha value is -2.91. The lowest BCUT2D eigenvalue weighted by atomic mass is 10.1. The first-order chi connectivity index (χ1) is 13.6. The van der Waals surface area contributed by atoms with Crippen LogP contribution in [0.5, 0.6) is 5.75 Å². The molecule has 29 heavy (non-hydrogen) atoms. The van der Waals surface area contributed by atoms with E-state index in [-0.39, 0.29) is 16.3 Å². The van der Waals surface area contributed by atoms with E-state index in [9.17, 15) is 18.0 Å². The van der Waals surface area contributed by atoms with Crippen LogP contribution in [-0.2, 0) is 19.6 Å². The molecule has 8 nitrogen and oxygen atoms in total. The molecule has 0 spiro atoms. The maximum Gasteiger partial charge on any atom is 0.338 e. The van der Waals surface area contributed by atoms with Crippen LogP contribution in [0.15, 0.2) is 41.3 Å². The average Bonchev–Trinajstić information content (AvgIpc) is 2.67. The van der Waals surface area contributed by atoms with Gasteiger partial charge in [-0.1, -0.05) is 17.7 Å². The van der Waals surface area contributed by atoms with Crippen LogP contribution in [0, 0.1) is 13.8 Å². The number of nitrogens with zero attached hydrogens (tertiary/aromatic N) is 1. The van der Waals surface area contributed by atoms with Crippen LogP contribution in [0.1, 0.15) is 21.5 Å². The third kappa shape index (κ3) is 5.33.